The molecule has 0 bridgehead atoms. The molecule has 1 amide bonds. The molecular formula is C21H28N6O2. The summed E-state index contributed by atoms with van der Waals surface area (Å²) in [6.45, 7) is 7.40. The van der Waals surface area contributed by atoms with Crippen molar-refractivity contribution in [1.29, 1.82) is 0 Å². The third-order valence-corrected chi connectivity index (χ3v) is 4.80. The summed E-state index contributed by atoms with van der Waals surface area (Å²) in [6, 6.07) is 5.80. The summed E-state index contributed by atoms with van der Waals surface area (Å²) in [4.78, 5) is 17.5. The van der Waals surface area contributed by atoms with Crippen LogP contribution in [0.15, 0.2) is 35.3 Å². The van der Waals surface area contributed by atoms with E-state index in [1.165, 1.54) is 0 Å². The van der Waals surface area contributed by atoms with E-state index < -0.39 is 0 Å². The fraction of sp³-hybridized carbons (Fsp3) is 0.381. The van der Waals surface area contributed by atoms with Crippen molar-refractivity contribution in [2.24, 2.45) is 17.8 Å². The van der Waals surface area contributed by atoms with Gasteiger partial charge in [0.05, 0.1) is 18.3 Å². The third-order valence-electron chi connectivity index (χ3n) is 4.80. The largest absolute Gasteiger partial charge is 0.494 e. The van der Waals surface area contributed by atoms with Crippen LogP contribution in [0.1, 0.15) is 28.7 Å². The number of allylic oxidation sites excluding steroid dienone is 1. The Balaban J connectivity index is 2.29. The number of rotatable bonds is 6. The summed E-state index contributed by atoms with van der Waals surface area (Å²) >= 11 is 0. The second kappa shape index (κ2) is 8.48. The maximum absolute atomic E-state index is 13.0. The van der Waals surface area contributed by atoms with Crippen LogP contribution < -0.4 is 16.1 Å². The smallest absolute Gasteiger partial charge is 0.298 e. The van der Waals surface area contributed by atoms with Gasteiger partial charge in [0.15, 0.2) is 0 Å². The number of aryl methyl sites for hydroxylation is 4. The minimum absolute atomic E-state index is 0.328. The minimum atomic E-state index is -0.328. The molecule has 29 heavy (non-hydrogen) atoms. The fourth-order valence-electron chi connectivity index (χ4n) is 3.49. The monoisotopic (exact) mass is 396 g/mol. The van der Waals surface area contributed by atoms with Crippen molar-refractivity contribution in [2.45, 2.75) is 33.9 Å². The lowest BCUT2D eigenvalue weighted by atomic mass is 10.2. The van der Waals surface area contributed by atoms with E-state index in [1.54, 1.807) is 17.9 Å². The van der Waals surface area contributed by atoms with Gasteiger partial charge in [0, 0.05) is 26.7 Å². The Bertz CT molecular complexity index is 1150. The number of nitrogens with zero attached hydrogens (tertiary/aromatic N) is 5. The molecule has 2 heterocycles. The number of aromatic nitrogens is 4. The average molecular weight is 396 g/mol. The highest BCUT2D eigenvalue weighted by Crippen LogP contribution is 2.26. The number of nitrogens with two attached hydrogens (primary N) is 1. The number of benzene rings is 1. The van der Waals surface area contributed by atoms with Crippen molar-refractivity contribution >= 4 is 16.9 Å². The molecule has 0 aliphatic rings. The number of imidazole rings is 1. The van der Waals surface area contributed by atoms with Crippen LogP contribution in [0.4, 0.5) is 0 Å². The molecule has 0 spiro atoms. The van der Waals surface area contributed by atoms with Gasteiger partial charge in [-0.05, 0) is 44.5 Å². The van der Waals surface area contributed by atoms with Gasteiger partial charge in [-0.2, -0.15) is 10.1 Å². The highest BCUT2D eigenvalue weighted by molar-refractivity contribution is 5.93. The van der Waals surface area contributed by atoms with Crippen LogP contribution in [0.25, 0.3) is 11.0 Å². The Morgan fingerprint density at radius 3 is 2.69 bits per heavy atom. The van der Waals surface area contributed by atoms with Gasteiger partial charge in [0.2, 0.25) is 5.62 Å². The van der Waals surface area contributed by atoms with Crippen molar-refractivity contribution in [3.05, 3.63) is 52.9 Å². The molecule has 8 heteroatoms. The zero-order chi connectivity index (χ0) is 21.1. The Kier molecular flexibility index (Phi) is 6.03. The van der Waals surface area contributed by atoms with Crippen LogP contribution in [0.5, 0.6) is 5.75 Å². The molecule has 0 unspecified atom stereocenters. The molecule has 3 aromatic rings. The van der Waals surface area contributed by atoms with E-state index in [0.29, 0.717) is 30.9 Å². The first-order valence-corrected chi connectivity index (χ1v) is 9.63. The van der Waals surface area contributed by atoms with Crippen molar-refractivity contribution in [2.75, 3.05) is 13.7 Å². The van der Waals surface area contributed by atoms with Crippen molar-refractivity contribution in [3.63, 3.8) is 0 Å². The third kappa shape index (κ3) is 3.88. The Morgan fingerprint density at radius 1 is 1.28 bits per heavy atom. The van der Waals surface area contributed by atoms with Gasteiger partial charge in [-0.15, -0.1) is 0 Å². The number of methoxy groups -OCH3 is 1. The summed E-state index contributed by atoms with van der Waals surface area (Å²) in [5.74, 6) is 0.408. The Labute approximate surface area is 169 Å². The first-order valence-electron chi connectivity index (χ1n) is 9.63. The van der Waals surface area contributed by atoms with Crippen LogP contribution in [-0.2, 0) is 20.1 Å². The van der Waals surface area contributed by atoms with E-state index in [4.69, 9.17) is 10.5 Å². The molecule has 0 saturated carbocycles. The predicted molar refractivity (Wildman–Crippen MR) is 113 cm³/mol. The van der Waals surface area contributed by atoms with Gasteiger partial charge in [-0.3, -0.25) is 9.48 Å². The molecule has 0 aliphatic carbocycles. The zero-order valence-electron chi connectivity index (χ0n) is 17.6. The molecule has 8 nitrogen and oxygen atoms in total. The highest BCUT2D eigenvalue weighted by atomic mass is 16.5. The number of fused-ring (bicyclic) bond motifs is 1. The first-order chi connectivity index (χ1) is 13.9. The molecule has 0 fully saturated rings. The first kappa shape index (κ1) is 20.6. The molecule has 1 aromatic carbocycles. The maximum atomic E-state index is 13.0. The molecule has 2 N–H and O–H groups in total. The lowest BCUT2D eigenvalue weighted by Crippen LogP contribution is -2.26. The van der Waals surface area contributed by atoms with Gasteiger partial charge < -0.3 is 19.6 Å². The number of carbonyl (C=O) groups is 1. The van der Waals surface area contributed by atoms with Crippen LogP contribution in [0.2, 0.25) is 0 Å². The molecular weight excluding hydrogens is 368 g/mol. The zero-order valence-corrected chi connectivity index (χ0v) is 17.6. The molecule has 0 atom stereocenters. The van der Waals surface area contributed by atoms with Gasteiger partial charge >= 0.3 is 0 Å². The molecule has 2 aromatic heterocycles. The quantitative estimate of drug-likeness (QED) is 0.646. The molecule has 0 saturated heterocycles. The van der Waals surface area contributed by atoms with E-state index in [9.17, 15) is 4.79 Å². The van der Waals surface area contributed by atoms with E-state index in [1.807, 2.05) is 55.2 Å². The van der Waals surface area contributed by atoms with Crippen LogP contribution >= 0.6 is 0 Å². The van der Waals surface area contributed by atoms with E-state index in [-0.39, 0.29) is 5.91 Å². The van der Waals surface area contributed by atoms with Crippen molar-refractivity contribution < 1.29 is 9.53 Å². The second-order valence-electron chi connectivity index (χ2n) is 6.92. The van der Waals surface area contributed by atoms with Crippen LogP contribution in [0, 0.1) is 13.8 Å². The summed E-state index contributed by atoms with van der Waals surface area (Å²) < 4.78 is 11.2. The van der Waals surface area contributed by atoms with Crippen LogP contribution in [0.3, 0.4) is 0 Å². The predicted octanol–water partition coefficient (Wildman–Crippen LogP) is 2.08. The van der Waals surface area contributed by atoms with E-state index in [2.05, 4.69) is 16.2 Å². The number of amides is 1. The molecule has 0 aliphatic heterocycles. The van der Waals surface area contributed by atoms with Gasteiger partial charge in [0.25, 0.3) is 5.91 Å². The number of ether oxygens (including phenoxy) is 1. The Morgan fingerprint density at radius 2 is 2.03 bits per heavy atom. The molecule has 154 valence electrons. The number of hydrogen-bond donors (Lipinski definition) is 1. The molecule has 3 rings (SSSR count). The van der Waals surface area contributed by atoms with Crippen LogP contribution in [-0.4, -0.2) is 38.5 Å². The average Bonchev–Trinajstić information content (AvgIpc) is 3.20. The van der Waals surface area contributed by atoms with Gasteiger partial charge in [-0.1, -0.05) is 12.2 Å². The van der Waals surface area contributed by atoms with Crippen molar-refractivity contribution in [3.8, 4) is 5.75 Å². The van der Waals surface area contributed by atoms with Gasteiger partial charge in [-0.25, -0.2) is 0 Å². The highest BCUT2D eigenvalue weighted by Gasteiger charge is 2.17. The topological polar surface area (TPSA) is 92.4 Å². The summed E-state index contributed by atoms with van der Waals surface area (Å²) in [6.07, 6.45) is 3.84. The molecule has 0 radical (unpaired) electrons. The summed E-state index contributed by atoms with van der Waals surface area (Å²) in [7, 11) is 3.55. The lowest BCUT2D eigenvalue weighted by Gasteiger charge is -2.07. The maximum Gasteiger partial charge on any atom is 0.298 e. The number of hydrogen-bond acceptors (Lipinski definition) is 4. The summed E-state index contributed by atoms with van der Waals surface area (Å²) in [5.41, 5.74) is 10.3. The standard InChI is InChI=1S/C21H28N6O2/c1-6-27-17(13-15(3)24-27)20(28)23-21-25(4)16-11-14(2)12-18(29-5)19(16)26(21)10-8-7-9-22/h7-8,11-13H,6,9-10,22H2,1-5H3/b8-7+,23-21-. The van der Waals surface area contributed by atoms with E-state index in [0.717, 1.165) is 28.0 Å². The second-order valence-corrected chi connectivity index (χ2v) is 6.92. The SMILES string of the molecule is CCn1nc(C)cc1C(=O)/N=c1/n(C)c2cc(C)cc(OC)c2n1C/C=C/CN. The normalized spacial score (nSPS) is 12.4. The lowest BCUT2D eigenvalue weighted by molar-refractivity contribution is 0.0986. The fourth-order valence-corrected chi connectivity index (χ4v) is 3.49. The number of carbonyl (C=O) groups excluding carboxylic acids is 1. The van der Waals surface area contributed by atoms with E-state index >= 15 is 0 Å². The Hall–Kier alpha value is -3.13. The van der Waals surface area contributed by atoms with Crippen molar-refractivity contribution in [1.82, 2.24) is 18.9 Å². The van der Waals surface area contributed by atoms with Gasteiger partial charge in [0.1, 0.15) is 17.0 Å². The minimum Gasteiger partial charge on any atom is -0.494 e. The summed E-state index contributed by atoms with van der Waals surface area (Å²) in [5, 5.41) is 4.36.